The third kappa shape index (κ3) is 6.24. The predicted molar refractivity (Wildman–Crippen MR) is 116 cm³/mol. The molecule has 0 unspecified atom stereocenters. The second-order valence-electron chi connectivity index (χ2n) is 7.50. The van der Waals surface area contributed by atoms with Crippen LogP contribution in [0.5, 0.6) is 11.5 Å². The minimum Gasteiger partial charge on any atom is -0.497 e. The number of likely N-dealkylation sites (tertiary alicyclic amines) is 1. The quantitative estimate of drug-likeness (QED) is 0.727. The Hall–Kier alpha value is -3.02. The Kier molecular flexibility index (Phi) is 7.71. The van der Waals surface area contributed by atoms with Crippen LogP contribution in [0.25, 0.3) is 0 Å². The van der Waals surface area contributed by atoms with Crippen molar-refractivity contribution in [3.05, 3.63) is 59.7 Å². The summed E-state index contributed by atoms with van der Waals surface area (Å²) in [5, 5.41) is 3.10. The molecule has 1 aliphatic heterocycles. The number of nitrogens with one attached hydrogen (secondary N) is 1. The standard InChI is InChI=1S/C24H30N2O4/c1-3-30-22-10-6-19(7-11-22)17-24(28)26-14-12-20(13-15-26)25-23(27)16-18-4-8-21(29-2)9-5-18/h4-11,20H,3,12-17H2,1-2H3,(H,25,27). The molecular formula is C24H30N2O4. The summed E-state index contributed by atoms with van der Waals surface area (Å²) in [5.74, 6) is 1.74. The van der Waals surface area contributed by atoms with E-state index in [0.29, 0.717) is 32.5 Å². The third-order valence-corrected chi connectivity index (χ3v) is 5.33. The van der Waals surface area contributed by atoms with E-state index < -0.39 is 0 Å². The molecule has 0 radical (unpaired) electrons. The highest BCUT2D eigenvalue weighted by Gasteiger charge is 2.24. The van der Waals surface area contributed by atoms with E-state index in [4.69, 9.17) is 9.47 Å². The van der Waals surface area contributed by atoms with Gasteiger partial charge >= 0.3 is 0 Å². The van der Waals surface area contributed by atoms with Gasteiger partial charge in [-0.1, -0.05) is 24.3 Å². The SMILES string of the molecule is CCOc1ccc(CC(=O)N2CCC(NC(=O)Cc3ccc(OC)cc3)CC2)cc1. The average molecular weight is 411 g/mol. The molecule has 6 nitrogen and oxygen atoms in total. The first-order chi connectivity index (χ1) is 14.6. The molecule has 2 aromatic carbocycles. The van der Waals surface area contributed by atoms with Gasteiger partial charge in [0.25, 0.3) is 0 Å². The maximum Gasteiger partial charge on any atom is 0.226 e. The van der Waals surface area contributed by atoms with Crippen LogP contribution in [0, 0.1) is 0 Å². The zero-order chi connectivity index (χ0) is 21.3. The largest absolute Gasteiger partial charge is 0.497 e. The summed E-state index contributed by atoms with van der Waals surface area (Å²) in [6.45, 7) is 3.92. The number of methoxy groups -OCH3 is 1. The van der Waals surface area contributed by atoms with Crippen LogP contribution in [0.15, 0.2) is 48.5 Å². The Labute approximate surface area is 178 Å². The highest BCUT2D eigenvalue weighted by Crippen LogP contribution is 2.16. The summed E-state index contributed by atoms with van der Waals surface area (Å²) in [5.41, 5.74) is 1.94. The number of rotatable bonds is 8. The van der Waals surface area contributed by atoms with E-state index in [1.165, 1.54) is 0 Å². The van der Waals surface area contributed by atoms with Crippen LogP contribution in [0.4, 0.5) is 0 Å². The van der Waals surface area contributed by atoms with Crippen LogP contribution in [-0.4, -0.2) is 49.6 Å². The fourth-order valence-corrected chi connectivity index (χ4v) is 3.64. The van der Waals surface area contributed by atoms with Crippen molar-refractivity contribution in [2.75, 3.05) is 26.8 Å². The first kappa shape index (κ1) is 21.7. The molecule has 1 heterocycles. The fraction of sp³-hybridized carbons (Fsp3) is 0.417. The van der Waals surface area contributed by atoms with E-state index in [1.807, 2.05) is 60.4 Å². The molecule has 1 fully saturated rings. The number of amides is 2. The van der Waals surface area contributed by atoms with Crippen molar-refractivity contribution in [3.63, 3.8) is 0 Å². The normalized spacial score (nSPS) is 14.3. The van der Waals surface area contributed by atoms with Gasteiger partial charge in [-0.05, 0) is 55.2 Å². The minimum atomic E-state index is 0.0133. The molecule has 2 aromatic rings. The van der Waals surface area contributed by atoms with Gasteiger partial charge in [0.2, 0.25) is 11.8 Å². The van der Waals surface area contributed by atoms with Crippen LogP contribution in [0.2, 0.25) is 0 Å². The van der Waals surface area contributed by atoms with Crippen LogP contribution in [0.3, 0.4) is 0 Å². The lowest BCUT2D eigenvalue weighted by Crippen LogP contribution is -2.47. The maximum absolute atomic E-state index is 12.6. The van der Waals surface area contributed by atoms with Crippen LogP contribution in [0.1, 0.15) is 30.9 Å². The van der Waals surface area contributed by atoms with Crippen LogP contribution < -0.4 is 14.8 Å². The molecule has 30 heavy (non-hydrogen) atoms. The van der Waals surface area contributed by atoms with Crippen molar-refractivity contribution in [1.29, 1.82) is 0 Å². The molecule has 3 rings (SSSR count). The average Bonchev–Trinajstić information content (AvgIpc) is 2.76. The molecule has 1 N–H and O–H groups in total. The van der Waals surface area contributed by atoms with Crippen molar-refractivity contribution in [2.24, 2.45) is 0 Å². The van der Waals surface area contributed by atoms with E-state index in [2.05, 4.69) is 5.32 Å². The lowest BCUT2D eigenvalue weighted by molar-refractivity contribution is -0.131. The van der Waals surface area contributed by atoms with Crippen molar-refractivity contribution in [3.8, 4) is 11.5 Å². The number of hydrogen-bond acceptors (Lipinski definition) is 4. The van der Waals surface area contributed by atoms with E-state index >= 15 is 0 Å². The Morgan fingerprint density at radius 3 is 2.07 bits per heavy atom. The van der Waals surface area contributed by atoms with Crippen molar-refractivity contribution in [2.45, 2.75) is 38.6 Å². The van der Waals surface area contributed by atoms with E-state index in [9.17, 15) is 9.59 Å². The molecule has 1 aliphatic rings. The van der Waals surface area contributed by atoms with Gasteiger partial charge in [0.1, 0.15) is 11.5 Å². The molecule has 0 aliphatic carbocycles. The number of benzene rings is 2. The number of carbonyl (C=O) groups excluding carboxylic acids is 2. The zero-order valence-corrected chi connectivity index (χ0v) is 17.7. The smallest absolute Gasteiger partial charge is 0.226 e. The Morgan fingerprint density at radius 2 is 1.50 bits per heavy atom. The topological polar surface area (TPSA) is 67.9 Å². The van der Waals surface area contributed by atoms with Gasteiger partial charge in [0, 0.05) is 19.1 Å². The van der Waals surface area contributed by atoms with Crippen molar-refractivity contribution < 1.29 is 19.1 Å². The van der Waals surface area contributed by atoms with E-state index in [-0.39, 0.29) is 17.9 Å². The Morgan fingerprint density at radius 1 is 0.933 bits per heavy atom. The van der Waals surface area contributed by atoms with Gasteiger partial charge in [-0.2, -0.15) is 0 Å². The summed E-state index contributed by atoms with van der Waals surface area (Å²) in [4.78, 5) is 26.8. The molecule has 160 valence electrons. The van der Waals surface area contributed by atoms with Gasteiger partial charge in [0.15, 0.2) is 0 Å². The molecule has 0 aromatic heterocycles. The fourth-order valence-electron chi connectivity index (χ4n) is 3.64. The lowest BCUT2D eigenvalue weighted by atomic mass is 10.0. The number of nitrogens with zero attached hydrogens (tertiary/aromatic N) is 1. The van der Waals surface area contributed by atoms with Crippen LogP contribution in [-0.2, 0) is 22.4 Å². The Bertz CT molecular complexity index is 825. The second kappa shape index (κ2) is 10.7. The molecular weight excluding hydrogens is 380 g/mol. The molecule has 0 saturated carbocycles. The third-order valence-electron chi connectivity index (χ3n) is 5.33. The summed E-state index contributed by atoms with van der Waals surface area (Å²) in [7, 11) is 1.62. The van der Waals surface area contributed by atoms with E-state index in [0.717, 1.165) is 35.5 Å². The summed E-state index contributed by atoms with van der Waals surface area (Å²) in [6.07, 6.45) is 2.30. The second-order valence-corrected chi connectivity index (χ2v) is 7.50. The minimum absolute atomic E-state index is 0.0133. The number of carbonyl (C=O) groups is 2. The molecule has 2 amide bonds. The van der Waals surface area contributed by atoms with E-state index in [1.54, 1.807) is 7.11 Å². The number of ether oxygens (including phenoxy) is 2. The van der Waals surface area contributed by atoms with Gasteiger partial charge in [-0.15, -0.1) is 0 Å². The number of piperidine rings is 1. The highest BCUT2D eigenvalue weighted by molar-refractivity contribution is 5.80. The predicted octanol–water partition coefficient (Wildman–Crippen LogP) is 2.99. The van der Waals surface area contributed by atoms with Gasteiger partial charge in [0.05, 0.1) is 26.6 Å². The monoisotopic (exact) mass is 410 g/mol. The molecule has 0 atom stereocenters. The maximum atomic E-state index is 12.6. The summed E-state index contributed by atoms with van der Waals surface area (Å²) < 4.78 is 10.6. The summed E-state index contributed by atoms with van der Waals surface area (Å²) >= 11 is 0. The highest BCUT2D eigenvalue weighted by atomic mass is 16.5. The molecule has 6 heteroatoms. The van der Waals surface area contributed by atoms with Gasteiger partial charge in [-0.3, -0.25) is 9.59 Å². The first-order valence-electron chi connectivity index (χ1n) is 10.5. The van der Waals surface area contributed by atoms with Crippen LogP contribution >= 0.6 is 0 Å². The van der Waals surface area contributed by atoms with Crippen molar-refractivity contribution in [1.82, 2.24) is 10.2 Å². The van der Waals surface area contributed by atoms with Crippen molar-refractivity contribution >= 4 is 11.8 Å². The lowest BCUT2D eigenvalue weighted by Gasteiger charge is -2.32. The Balaban J connectivity index is 1.41. The molecule has 0 spiro atoms. The van der Waals surface area contributed by atoms with Gasteiger partial charge in [-0.25, -0.2) is 0 Å². The van der Waals surface area contributed by atoms with Gasteiger partial charge < -0.3 is 19.7 Å². The molecule has 0 bridgehead atoms. The zero-order valence-electron chi connectivity index (χ0n) is 17.7. The molecule has 1 saturated heterocycles. The number of hydrogen-bond donors (Lipinski definition) is 1. The summed E-state index contributed by atoms with van der Waals surface area (Å²) in [6, 6.07) is 15.3. The first-order valence-corrected chi connectivity index (χ1v) is 10.5.